The van der Waals surface area contributed by atoms with Crippen LogP contribution < -0.4 is 10.1 Å². The molecule has 112 valence electrons. The monoisotopic (exact) mass is 276 g/mol. The van der Waals surface area contributed by atoms with E-state index in [0.717, 1.165) is 25.3 Å². The minimum absolute atomic E-state index is 0.343. The Bertz CT molecular complexity index is 402. The third kappa shape index (κ3) is 4.78. The molecule has 0 unspecified atom stereocenters. The van der Waals surface area contributed by atoms with Crippen molar-refractivity contribution < 1.29 is 4.74 Å². The van der Waals surface area contributed by atoms with E-state index in [1.807, 2.05) is 12.3 Å². The van der Waals surface area contributed by atoms with E-state index in [4.69, 9.17) is 4.74 Å². The molecule has 1 aromatic heterocycles. The van der Waals surface area contributed by atoms with Gasteiger partial charge in [0.05, 0.1) is 0 Å². The van der Waals surface area contributed by atoms with Gasteiger partial charge >= 0.3 is 0 Å². The molecule has 1 N–H and O–H groups in total. The number of pyridine rings is 1. The highest BCUT2D eigenvalue weighted by molar-refractivity contribution is 5.18. The van der Waals surface area contributed by atoms with Gasteiger partial charge in [0.15, 0.2) is 0 Å². The molecule has 1 aliphatic carbocycles. The van der Waals surface area contributed by atoms with Gasteiger partial charge in [-0.2, -0.15) is 0 Å². The average molecular weight is 276 g/mol. The van der Waals surface area contributed by atoms with Crippen LogP contribution in [0.4, 0.5) is 0 Å². The van der Waals surface area contributed by atoms with Crippen molar-refractivity contribution >= 4 is 0 Å². The molecule has 0 atom stereocenters. The van der Waals surface area contributed by atoms with Crippen molar-refractivity contribution in [3.63, 3.8) is 0 Å². The fourth-order valence-electron chi connectivity index (χ4n) is 2.57. The summed E-state index contributed by atoms with van der Waals surface area (Å²) in [5, 5.41) is 3.39. The molecule has 0 spiro atoms. The molecular formula is C17H28N2O. The summed E-state index contributed by atoms with van der Waals surface area (Å²) in [7, 11) is 0. The maximum atomic E-state index is 6.00. The quantitative estimate of drug-likeness (QED) is 0.885. The zero-order valence-electron chi connectivity index (χ0n) is 13.3. The first-order valence-corrected chi connectivity index (χ1v) is 7.80. The zero-order chi connectivity index (χ0) is 14.6. The predicted molar refractivity (Wildman–Crippen MR) is 82.9 cm³/mol. The van der Waals surface area contributed by atoms with Gasteiger partial charge in [-0.05, 0) is 36.7 Å². The van der Waals surface area contributed by atoms with Crippen molar-refractivity contribution in [2.75, 3.05) is 0 Å². The van der Waals surface area contributed by atoms with E-state index in [2.05, 4.69) is 44.1 Å². The molecule has 0 radical (unpaired) electrons. The summed E-state index contributed by atoms with van der Waals surface area (Å²) < 4.78 is 6.00. The van der Waals surface area contributed by atoms with Gasteiger partial charge in [-0.15, -0.1) is 0 Å². The van der Waals surface area contributed by atoms with Gasteiger partial charge in [0.25, 0.3) is 0 Å². The molecule has 0 aliphatic heterocycles. The van der Waals surface area contributed by atoms with Crippen LogP contribution in [0.3, 0.4) is 0 Å². The van der Waals surface area contributed by atoms with Crippen LogP contribution in [-0.2, 0) is 6.54 Å². The minimum Gasteiger partial charge on any atom is -0.474 e. The second-order valence-electron chi connectivity index (χ2n) is 7.02. The number of rotatable bonds is 5. The smallest absolute Gasteiger partial charge is 0.213 e. The van der Waals surface area contributed by atoms with E-state index in [-0.39, 0.29) is 0 Å². The van der Waals surface area contributed by atoms with Gasteiger partial charge < -0.3 is 10.1 Å². The van der Waals surface area contributed by atoms with Gasteiger partial charge in [-0.1, -0.05) is 33.8 Å². The third-order valence-corrected chi connectivity index (χ3v) is 4.09. The van der Waals surface area contributed by atoms with Crippen molar-refractivity contribution in [3.05, 3.63) is 23.9 Å². The normalized spacial score (nSPS) is 19.2. The Morgan fingerprint density at radius 3 is 2.55 bits per heavy atom. The van der Waals surface area contributed by atoms with Gasteiger partial charge in [0, 0.05) is 24.8 Å². The summed E-state index contributed by atoms with van der Waals surface area (Å²) in [4.78, 5) is 4.42. The molecule has 3 heteroatoms. The van der Waals surface area contributed by atoms with Crippen LogP contribution in [0.25, 0.3) is 0 Å². The lowest BCUT2D eigenvalue weighted by atomic mass is 9.76. The maximum Gasteiger partial charge on any atom is 0.213 e. The number of hydrogen-bond donors (Lipinski definition) is 1. The Hall–Kier alpha value is -1.09. The predicted octanol–water partition coefficient (Wildman–Crippen LogP) is 3.93. The zero-order valence-corrected chi connectivity index (χ0v) is 13.3. The largest absolute Gasteiger partial charge is 0.474 e. The second-order valence-corrected chi connectivity index (χ2v) is 7.02. The lowest BCUT2D eigenvalue weighted by Crippen LogP contribution is -2.28. The molecule has 2 rings (SSSR count). The molecular weight excluding hydrogens is 248 g/mol. The molecule has 1 saturated carbocycles. The first-order chi connectivity index (χ1) is 9.44. The summed E-state index contributed by atoms with van der Waals surface area (Å²) >= 11 is 0. The molecule has 1 fully saturated rings. The van der Waals surface area contributed by atoms with E-state index in [0.29, 0.717) is 17.6 Å². The van der Waals surface area contributed by atoms with Gasteiger partial charge in [0.1, 0.15) is 6.10 Å². The van der Waals surface area contributed by atoms with E-state index in [1.54, 1.807) is 0 Å². The molecule has 1 aromatic rings. The van der Waals surface area contributed by atoms with Crippen molar-refractivity contribution in [1.82, 2.24) is 10.3 Å². The maximum absolute atomic E-state index is 6.00. The number of nitrogens with zero attached hydrogens (tertiary/aromatic N) is 1. The Balaban J connectivity index is 1.82. The van der Waals surface area contributed by atoms with E-state index in [1.165, 1.54) is 18.4 Å². The van der Waals surface area contributed by atoms with E-state index >= 15 is 0 Å². The fraction of sp³-hybridized carbons (Fsp3) is 0.706. The lowest BCUT2D eigenvalue weighted by Gasteiger charge is -2.34. The Morgan fingerprint density at radius 2 is 2.00 bits per heavy atom. The van der Waals surface area contributed by atoms with Gasteiger partial charge in [0.2, 0.25) is 5.88 Å². The van der Waals surface area contributed by atoms with Crippen LogP contribution in [0.15, 0.2) is 18.3 Å². The van der Waals surface area contributed by atoms with Crippen molar-refractivity contribution in [3.8, 4) is 5.88 Å². The Labute approximate surface area is 123 Å². The van der Waals surface area contributed by atoms with E-state index < -0.39 is 0 Å². The Morgan fingerprint density at radius 1 is 1.30 bits per heavy atom. The first kappa shape index (κ1) is 15.3. The average Bonchev–Trinajstić information content (AvgIpc) is 2.40. The molecule has 1 heterocycles. The van der Waals surface area contributed by atoms with Crippen LogP contribution in [0.1, 0.15) is 58.9 Å². The van der Waals surface area contributed by atoms with Crippen LogP contribution in [-0.4, -0.2) is 17.1 Å². The van der Waals surface area contributed by atoms with Gasteiger partial charge in [-0.25, -0.2) is 4.98 Å². The lowest BCUT2D eigenvalue weighted by molar-refractivity contribution is 0.0949. The van der Waals surface area contributed by atoms with Crippen molar-refractivity contribution in [2.45, 2.75) is 72.1 Å². The van der Waals surface area contributed by atoms with Crippen LogP contribution in [0, 0.1) is 5.41 Å². The van der Waals surface area contributed by atoms with Crippen LogP contribution >= 0.6 is 0 Å². The second kappa shape index (κ2) is 6.57. The number of hydrogen-bond acceptors (Lipinski definition) is 3. The first-order valence-electron chi connectivity index (χ1n) is 7.80. The SMILES string of the molecule is CC(C)NCc1ccc(OC2CCC(C)(C)CC2)nc1. The summed E-state index contributed by atoms with van der Waals surface area (Å²) in [6.45, 7) is 9.85. The topological polar surface area (TPSA) is 34.1 Å². The fourth-order valence-corrected chi connectivity index (χ4v) is 2.57. The summed E-state index contributed by atoms with van der Waals surface area (Å²) in [5.41, 5.74) is 1.69. The highest BCUT2D eigenvalue weighted by Gasteiger charge is 2.27. The number of aromatic nitrogens is 1. The van der Waals surface area contributed by atoms with Crippen molar-refractivity contribution in [1.29, 1.82) is 0 Å². The number of nitrogens with one attached hydrogen (secondary N) is 1. The van der Waals surface area contributed by atoms with Gasteiger partial charge in [-0.3, -0.25) is 0 Å². The van der Waals surface area contributed by atoms with E-state index in [9.17, 15) is 0 Å². The van der Waals surface area contributed by atoms with Crippen LogP contribution in [0.2, 0.25) is 0 Å². The van der Waals surface area contributed by atoms with Crippen LogP contribution in [0.5, 0.6) is 5.88 Å². The number of ether oxygens (including phenoxy) is 1. The summed E-state index contributed by atoms with van der Waals surface area (Å²) in [5.74, 6) is 0.767. The molecule has 0 amide bonds. The minimum atomic E-state index is 0.343. The van der Waals surface area contributed by atoms with Crippen molar-refractivity contribution in [2.24, 2.45) is 5.41 Å². The summed E-state index contributed by atoms with van der Waals surface area (Å²) in [6.07, 6.45) is 7.03. The highest BCUT2D eigenvalue weighted by atomic mass is 16.5. The standard InChI is InChI=1S/C17H28N2O/c1-13(2)18-11-14-5-6-16(19-12-14)20-15-7-9-17(3,4)10-8-15/h5-6,12-13,15,18H,7-11H2,1-4H3. The molecule has 1 aliphatic rings. The molecule has 0 aromatic carbocycles. The highest BCUT2D eigenvalue weighted by Crippen LogP contribution is 2.36. The molecule has 0 bridgehead atoms. The molecule has 0 saturated heterocycles. The Kier molecular flexibility index (Phi) is 5.03. The summed E-state index contributed by atoms with van der Waals surface area (Å²) in [6, 6.07) is 4.60. The molecule has 20 heavy (non-hydrogen) atoms. The third-order valence-electron chi connectivity index (χ3n) is 4.09. The molecule has 3 nitrogen and oxygen atoms in total.